The number of hydrogen-bond donors (Lipinski definition) is 1. The van der Waals surface area contributed by atoms with Gasteiger partial charge >= 0.3 is 0 Å². The van der Waals surface area contributed by atoms with E-state index in [2.05, 4.69) is 22.0 Å². The van der Waals surface area contributed by atoms with Crippen LogP contribution in [-0.2, 0) is 4.74 Å². The summed E-state index contributed by atoms with van der Waals surface area (Å²) in [4.78, 5) is 0. The Morgan fingerprint density at radius 2 is 2.12 bits per heavy atom. The van der Waals surface area contributed by atoms with Crippen LogP contribution in [0, 0.1) is 5.92 Å². The molecule has 0 saturated heterocycles. The van der Waals surface area contributed by atoms with Gasteiger partial charge in [0.25, 0.3) is 0 Å². The lowest BCUT2D eigenvalue weighted by Crippen LogP contribution is -2.17. The first-order valence-corrected chi connectivity index (χ1v) is 6.66. The minimum atomic E-state index is 0.0225. The van der Waals surface area contributed by atoms with Crippen molar-refractivity contribution in [1.29, 1.82) is 0 Å². The molecule has 1 atom stereocenters. The molecule has 0 aliphatic heterocycles. The Balaban J connectivity index is 1.90. The van der Waals surface area contributed by atoms with Crippen molar-refractivity contribution in [3.05, 3.63) is 34.3 Å². The van der Waals surface area contributed by atoms with E-state index >= 15 is 0 Å². The highest BCUT2D eigenvalue weighted by Gasteiger charge is 2.21. The average Bonchev–Trinajstić information content (AvgIpc) is 3.10. The van der Waals surface area contributed by atoms with E-state index in [0.717, 1.165) is 22.6 Å². The van der Waals surface area contributed by atoms with Crippen LogP contribution in [-0.4, -0.2) is 13.2 Å². The van der Waals surface area contributed by atoms with Crippen LogP contribution < -0.4 is 5.73 Å². The monoisotopic (exact) mass is 283 g/mol. The minimum absolute atomic E-state index is 0.0225. The van der Waals surface area contributed by atoms with Crippen LogP contribution in [0.3, 0.4) is 0 Å². The summed E-state index contributed by atoms with van der Waals surface area (Å²) < 4.78 is 6.93. The molecule has 1 aromatic carbocycles. The Morgan fingerprint density at radius 1 is 1.38 bits per heavy atom. The number of halogens is 1. The lowest BCUT2D eigenvalue weighted by molar-refractivity contribution is 0.0540. The predicted octanol–water partition coefficient (Wildman–Crippen LogP) is 3.27. The highest BCUT2D eigenvalue weighted by atomic mass is 79.9. The van der Waals surface area contributed by atoms with E-state index in [-0.39, 0.29) is 6.10 Å². The van der Waals surface area contributed by atoms with E-state index in [1.807, 2.05) is 18.2 Å². The number of rotatable bonds is 6. The van der Waals surface area contributed by atoms with Crippen LogP contribution in [0.1, 0.15) is 30.9 Å². The van der Waals surface area contributed by atoms with Gasteiger partial charge < -0.3 is 10.5 Å². The molecule has 1 fully saturated rings. The van der Waals surface area contributed by atoms with Crippen molar-refractivity contribution in [1.82, 2.24) is 0 Å². The molecular weight excluding hydrogens is 266 g/mol. The summed E-state index contributed by atoms with van der Waals surface area (Å²) in [6.07, 6.45) is 3.97. The number of benzene rings is 1. The van der Waals surface area contributed by atoms with Crippen LogP contribution >= 0.6 is 15.9 Å². The van der Waals surface area contributed by atoms with E-state index in [1.54, 1.807) is 0 Å². The predicted molar refractivity (Wildman–Crippen MR) is 69.2 cm³/mol. The van der Waals surface area contributed by atoms with Crippen molar-refractivity contribution in [3.63, 3.8) is 0 Å². The first-order chi connectivity index (χ1) is 7.81. The van der Waals surface area contributed by atoms with E-state index in [4.69, 9.17) is 10.5 Å². The molecule has 3 heteroatoms. The number of nitrogens with two attached hydrogens (primary N) is 1. The molecule has 1 unspecified atom stereocenters. The summed E-state index contributed by atoms with van der Waals surface area (Å²) in [5.74, 6) is 0.914. The highest BCUT2D eigenvalue weighted by molar-refractivity contribution is 9.10. The topological polar surface area (TPSA) is 35.2 Å². The van der Waals surface area contributed by atoms with Gasteiger partial charge in [-0.15, -0.1) is 0 Å². The summed E-state index contributed by atoms with van der Waals surface area (Å²) >= 11 is 3.54. The van der Waals surface area contributed by atoms with Gasteiger partial charge in [-0.3, -0.25) is 0 Å². The SMILES string of the molecule is NCC(OCCC1CC1)c1ccccc1Br. The van der Waals surface area contributed by atoms with Crippen molar-refractivity contribution in [3.8, 4) is 0 Å². The van der Waals surface area contributed by atoms with Gasteiger partial charge in [-0.1, -0.05) is 47.0 Å². The Morgan fingerprint density at radius 3 is 2.75 bits per heavy atom. The number of hydrogen-bond acceptors (Lipinski definition) is 2. The van der Waals surface area contributed by atoms with E-state index in [0.29, 0.717) is 6.54 Å². The highest BCUT2D eigenvalue weighted by Crippen LogP contribution is 2.33. The molecule has 0 bridgehead atoms. The van der Waals surface area contributed by atoms with Crippen molar-refractivity contribution < 1.29 is 4.74 Å². The molecule has 2 nitrogen and oxygen atoms in total. The van der Waals surface area contributed by atoms with Crippen molar-refractivity contribution in [2.45, 2.75) is 25.4 Å². The van der Waals surface area contributed by atoms with Crippen molar-refractivity contribution in [2.24, 2.45) is 11.7 Å². The van der Waals surface area contributed by atoms with Gasteiger partial charge in [-0.05, 0) is 24.0 Å². The maximum atomic E-state index is 5.85. The molecule has 1 saturated carbocycles. The van der Waals surface area contributed by atoms with Crippen LogP contribution in [0.4, 0.5) is 0 Å². The smallest absolute Gasteiger partial charge is 0.0957 e. The summed E-state index contributed by atoms with van der Waals surface area (Å²) in [5.41, 5.74) is 6.91. The molecule has 2 rings (SSSR count). The van der Waals surface area contributed by atoms with Gasteiger partial charge in [-0.25, -0.2) is 0 Å². The average molecular weight is 284 g/mol. The van der Waals surface area contributed by atoms with Crippen molar-refractivity contribution in [2.75, 3.05) is 13.2 Å². The van der Waals surface area contributed by atoms with Gasteiger partial charge in [0.1, 0.15) is 0 Å². The molecule has 1 aliphatic rings. The second-order valence-electron chi connectivity index (χ2n) is 4.35. The van der Waals surface area contributed by atoms with E-state index in [1.165, 1.54) is 19.3 Å². The fourth-order valence-electron chi connectivity index (χ4n) is 1.80. The molecule has 2 N–H and O–H groups in total. The van der Waals surface area contributed by atoms with Crippen LogP contribution in [0.25, 0.3) is 0 Å². The lowest BCUT2D eigenvalue weighted by atomic mass is 10.1. The van der Waals surface area contributed by atoms with Gasteiger partial charge in [0.2, 0.25) is 0 Å². The van der Waals surface area contributed by atoms with Crippen molar-refractivity contribution >= 4 is 15.9 Å². The van der Waals surface area contributed by atoms with Crippen LogP contribution in [0.15, 0.2) is 28.7 Å². The lowest BCUT2D eigenvalue weighted by Gasteiger charge is -2.17. The van der Waals surface area contributed by atoms with Crippen LogP contribution in [0.5, 0.6) is 0 Å². The van der Waals surface area contributed by atoms with E-state index in [9.17, 15) is 0 Å². The third-order valence-electron chi connectivity index (χ3n) is 3.01. The third kappa shape index (κ3) is 3.30. The third-order valence-corrected chi connectivity index (χ3v) is 3.73. The van der Waals surface area contributed by atoms with Gasteiger partial charge in [0.05, 0.1) is 6.10 Å². The fraction of sp³-hybridized carbons (Fsp3) is 0.538. The standard InChI is InChI=1S/C13H18BrNO/c14-12-4-2-1-3-11(12)13(9-15)16-8-7-10-5-6-10/h1-4,10,13H,5-9,15H2. The maximum absolute atomic E-state index is 5.85. The Kier molecular flexibility index (Phi) is 4.38. The second-order valence-corrected chi connectivity index (χ2v) is 5.20. The Bertz CT molecular complexity index is 338. The molecule has 0 amide bonds. The molecule has 0 aromatic heterocycles. The Labute approximate surface area is 105 Å². The molecule has 1 aliphatic carbocycles. The first-order valence-electron chi connectivity index (χ1n) is 5.87. The zero-order valence-electron chi connectivity index (χ0n) is 9.36. The molecule has 1 aromatic rings. The zero-order chi connectivity index (χ0) is 11.4. The number of ether oxygens (including phenoxy) is 1. The molecule has 0 heterocycles. The second kappa shape index (κ2) is 5.80. The Hall–Kier alpha value is -0.380. The molecular formula is C13H18BrNO. The first kappa shape index (κ1) is 12.1. The van der Waals surface area contributed by atoms with Crippen LogP contribution in [0.2, 0.25) is 0 Å². The molecule has 16 heavy (non-hydrogen) atoms. The van der Waals surface area contributed by atoms with Gasteiger partial charge in [0, 0.05) is 17.6 Å². The maximum Gasteiger partial charge on any atom is 0.0957 e. The summed E-state index contributed by atoms with van der Waals surface area (Å²) in [7, 11) is 0. The largest absolute Gasteiger partial charge is 0.372 e. The summed E-state index contributed by atoms with van der Waals surface area (Å²) in [5, 5.41) is 0. The molecule has 88 valence electrons. The van der Waals surface area contributed by atoms with Gasteiger partial charge in [-0.2, -0.15) is 0 Å². The summed E-state index contributed by atoms with van der Waals surface area (Å²) in [6, 6.07) is 8.12. The summed E-state index contributed by atoms with van der Waals surface area (Å²) in [6.45, 7) is 1.36. The molecule has 0 radical (unpaired) electrons. The molecule has 0 spiro atoms. The quantitative estimate of drug-likeness (QED) is 0.870. The normalized spacial score (nSPS) is 17.4. The van der Waals surface area contributed by atoms with E-state index < -0.39 is 0 Å². The van der Waals surface area contributed by atoms with Gasteiger partial charge in [0.15, 0.2) is 0 Å². The zero-order valence-corrected chi connectivity index (χ0v) is 10.9. The fourth-order valence-corrected chi connectivity index (χ4v) is 2.34. The minimum Gasteiger partial charge on any atom is -0.372 e.